The van der Waals surface area contributed by atoms with E-state index in [0.717, 1.165) is 68.0 Å². The molecule has 0 saturated heterocycles. The molecule has 0 fully saturated rings. The predicted molar refractivity (Wildman–Crippen MR) is 603 cm³/mol. The molecule has 754 valence electrons. The maximum absolute atomic E-state index is 6.11. The highest BCUT2D eigenvalue weighted by Gasteiger charge is 2.35. The van der Waals surface area contributed by atoms with Crippen LogP contribution in [0.4, 0.5) is 0 Å². The molecule has 11 nitrogen and oxygen atoms in total. The molecule has 0 aliphatic carbocycles. The summed E-state index contributed by atoms with van der Waals surface area (Å²) >= 11 is 1.93. The minimum Gasteiger partial charge on any atom is -0.486 e. The fourth-order valence-corrected chi connectivity index (χ4v) is 16.3. The molecule has 0 spiro atoms. The zero-order valence-corrected chi connectivity index (χ0v) is 96.2. The summed E-state index contributed by atoms with van der Waals surface area (Å²) in [5.41, 5.74) is 24.3. The van der Waals surface area contributed by atoms with E-state index in [1.54, 1.807) is 6.26 Å². The average Bonchev–Trinajstić information content (AvgIpc) is 0.907. The first-order valence-corrected chi connectivity index (χ1v) is 51.5. The fraction of sp³-hybridized carbons (Fsp3) is 0.520. The minimum atomic E-state index is -0.0462. The second-order valence-electron chi connectivity index (χ2n) is 55.6. The number of benzene rings is 6. The van der Waals surface area contributed by atoms with E-state index in [1.807, 2.05) is 35.9 Å². The molecule has 6 aromatic carbocycles. The van der Waals surface area contributed by atoms with Gasteiger partial charge in [0.25, 0.3) is 0 Å². The van der Waals surface area contributed by atoms with Gasteiger partial charge < -0.3 is 38.3 Å². The second kappa shape index (κ2) is 40.8. The maximum Gasteiger partial charge on any atom is 0.169 e. The number of nitrogens with zero attached hydrogens (tertiary/aromatic N) is 3. The summed E-state index contributed by atoms with van der Waals surface area (Å²) in [6, 6.07) is 59.0. The summed E-state index contributed by atoms with van der Waals surface area (Å²) < 4.78 is 30.9. The number of furan rings is 1. The van der Waals surface area contributed by atoms with Gasteiger partial charge in [0.1, 0.15) is 36.1 Å². The maximum atomic E-state index is 6.11. The van der Waals surface area contributed by atoms with Crippen LogP contribution in [-0.4, -0.2) is 42.6 Å². The van der Waals surface area contributed by atoms with Gasteiger partial charge in [-0.05, 0) is 190 Å². The Kier molecular flexibility index (Phi) is 33.1. The average molecular weight is 1900 g/mol. The highest BCUT2D eigenvalue weighted by atomic mass is 32.1. The van der Waals surface area contributed by atoms with E-state index in [-0.39, 0.29) is 92.7 Å². The van der Waals surface area contributed by atoms with E-state index in [4.69, 9.17) is 28.3 Å². The molecule has 0 saturated carbocycles. The number of ether oxygens (including phenoxy) is 4. The molecular formula is C127H180N6O5S. The van der Waals surface area contributed by atoms with Crippen molar-refractivity contribution in [1.82, 2.24) is 29.9 Å². The first-order valence-electron chi connectivity index (χ1n) is 50.7. The second-order valence-corrected chi connectivity index (χ2v) is 56.6. The van der Waals surface area contributed by atoms with E-state index in [1.165, 1.54) is 104 Å². The third kappa shape index (κ3) is 30.8. The van der Waals surface area contributed by atoms with Crippen LogP contribution < -0.4 is 18.9 Å². The molecule has 2 aliphatic rings. The van der Waals surface area contributed by atoms with Crippen LogP contribution in [0.1, 0.15) is 410 Å². The standard InChI is InChI=1S/C17H23N.C16H23N.C16H24O2.C16H22O2.C16H22O.C16H22S.2C15H22N2/c1-16(2,3)13-9-7-12-8-10-15(17(4,5)6)18-14(12)11-13;1-15(2,3)12-8-7-11-9-14(16(4,5)6)17-13(11)10-12;2*1-15(2,3)11-7-8-12-13(9-11)18-14(10-17-12)16(4,5)6;2*1-15(2,3)12-8-7-11-9-14(16(4,5)6)17-13(11)10-12;1-14(2,3)10-7-12-11(16-9-10)8-13(17-12)15(4,5)6;1-14(2,3)12-8-11-10(9-16-12)7-13(17-11)15(4,5)6/h7-11H,1-6H3;7-10,17H,1-6H3;7-9,14H,10H2,1-6H3;7-10H,1-6H3;2*7-10H,1-6H3;2*7-9,17H,1-6H3. The molecular weight excluding hydrogens is 1720 g/mol. The van der Waals surface area contributed by atoms with Crippen LogP contribution in [0.5, 0.6) is 23.0 Å². The van der Waals surface area contributed by atoms with Crippen LogP contribution in [0.3, 0.4) is 0 Å². The summed E-state index contributed by atoms with van der Waals surface area (Å²) in [5.74, 6) is 5.27. The molecule has 1 atom stereocenters. The van der Waals surface area contributed by atoms with Crippen LogP contribution in [0, 0.1) is 10.8 Å². The number of pyridine rings is 3. The van der Waals surface area contributed by atoms with Crippen molar-refractivity contribution in [2.24, 2.45) is 10.8 Å². The molecule has 3 N–H and O–H groups in total. The number of aromatic amines is 3. The predicted octanol–water partition coefficient (Wildman–Crippen LogP) is 37.2. The molecule has 0 amide bonds. The van der Waals surface area contributed by atoms with Crippen molar-refractivity contribution < 1.29 is 23.4 Å². The van der Waals surface area contributed by atoms with E-state index in [9.17, 15) is 0 Å². The summed E-state index contributed by atoms with van der Waals surface area (Å²) in [4.78, 5) is 25.9. The first kappa shape index (κ1) is 113. The molecule has 2 aliphatic heterocycles. The normalized spacial score (nSPS) is 14.4. The lowest BCUT2D eigenvalue weighted by molar-refractivity contribution is 0.0162. The molecule has 8 aromatic heterocycles. The highest BCUT2D eigenvalue weighted by Crippen LogP contribution is 2.45. The van der Waals surface area contributed by atoms with E-state index < -0.39 is 0 Å². The van der Waals surface area contributed by atoms with Gasteiger partial charge in [-0.1, -0.05) is 399 Å². The highest BCUT2D eigenvalue weighted by molar-refractivity contribution is 7.19. The van der Waals surface area contributed by atoms with Gasteiger partial charge in [0.05, 0.1) is 16.6 Å². The van der Waals surface area contributed by atoms with Gasteiger partial charge in [0, 0.05) is 121 Å². The van der Waals surface area contributed by atoms with Crippen LogP contribution in [-0.2, 0) is 75.8 Å². The summed E-state index contributed by atoms with van der Waals surface area (Å²) in [5, 5.41) is 6.30. The number of fused-ring (bicyclic) bond motifs is 8. The summed E-state index contributed by atoms with van der Waals surface area (Å²) in [6.45, 7) is 107. The zero-order chi connectivity index (χ0) is 105. The van der Waals surface area contributed by atoms with Gasteiger partial charge in [0.15, 0.2) is 23.0 Å². The van der Waals surface area contributed by atoms with Crippen molar-refractivity contribution in [3.8, 4) is 23.0 Å². The SMILES string of the molecule is CC(C)(C)C1=COc2ccc(C(C)(C)C)cc2O1.CC(C)(C)c1cc2[nH]c(C(C)(C)C)cc2cn1.CC(C)(C)c1ccc2c(c1)OC(C(C)(C)C)CO2.CC(C)(C)c1ccc2cc(C(C)(C)C)[nH]c2c1.CC(C)(C)c1ccc2cc(C(C)(C)C)oc2c1.CC(C)(C)c1ccc2cc(C(C)(C)C)sc2c1.CC(C)(C)c1ccc2ccc(C(C)(C)C)nc2c1.CC(C)(C)c1cnc2cc(C(C)(C)C)[nH]c2c1. The Labute approximate surface area is 844 Å². The number of hydrogen-bond donors (Lipinski definition) is 3. The lowest BCUT2D eigenvalue weighted by atomic mass is 9.86. The van der Waals surface area contributed by atoms with Gasteiger partial charge in [-0.25, -0.2) is 0 Å². The smallest absolute Gasteiger partial charge is 0.169 e. The lowest BCUT2D eigenvalue weighted by Crippen LogP contribution is -2.40. The van der Waals surface area contributed by atoms with E-state index in [2.05, 4.69) is 509 Å². The van der Waals surface area contributed by atoms with Crippen LogP contribution in [0.15, 0.2) is 193 Å². The van der Waals surface area contributed by atoms with Crippen LogP contribution in [0.25, 0.3) is 64.8 Å². The molecule has 0 bridgehead atoms. The number of rotatable bonds is 0. The van der Waals surface area contributed by atoms with Crippen molar-refractivity contribution in [1.29, 1.82) is 0 Å². The number of hydrogen-bond acceptors (Lipinski definition) is 9. The van der Waals surface area contributed by atoms with Gasteiger partial charge >= 0.3 is 0 Å². The zero-order valence-electron chi connectivity index (χ0n) is 95.4. The molecule has 0 radical (unpaired) electrons. The monoisotopic (exact) mass is 1900 g/mol. The quantitative estimate of drug-likeness (QED) is 0.137. The van der Waals surface area contributed by atoms with Crippen molar-refractivity contribution >= 4 is 76.1 Å². The van der Waals surface area contributed by atoms with Crippen LogP contribution >= 0.6 is 11.3 Å². The molecule has 10 heterocycles. The lowest BCUT2D eigenvalue weighted by Gasteiger charge is -2.35. The third-order valence-electron chi connectivity index (χ3n) is 25.6. The first-order chi connectivity index (χ1) is 62.9. The molecule has 1 unspecified atom stereocenters. The fourth-order valence-electron chi connectivity index (χ4n) is 15.1. The third-order valence-corrected chi connectivity index (χ3v) is 27.1. The van der Waals surface area contributed by atoms with E-state index >= 15 is 0 Å². The minimum absolute atomic E-state index is 0.0462. The Morgan fingerprint density at radius 1 is 0.288 bits per heavy atom. The van der Waals surface area contributed by atoms with E-state index in [0.29, 0.717) is 6.61 Å². The number of allylic oxidation sites excluding steroid dienone is 1. The number of H-pyrrole nitrogens is 3. The number of nitrogens with one attached hydrogen (secondary N) is 3. The van der Waals surface area contributed by atoms with Gasteiger partial charge in [0.2, 0.25) is 0 Å². The van der Waals surface area contributed by atoms with Crippen molar-refractivity contribution in [2.75, 3.05) is 6.61 Å². The number of thiophene rings is 1. The van der Waals surface area contributed by atoms with Crippen molar-refractivity contribution in [2.45, 2.75) is 414 Å². The topological polar surface area (TPSA) is 136 Å². The van der Waals surface area contributed by atoms with Gasteiger partial charge in [-0.3, -0.25) is 15.0 Å². The Hall–Kier alpha value is -9.91. The molecule has 16 rings (SSSR count). The Morgan fingerprint density at radius 2 is 0.712 bits per heavy atom. The summed E-state index contributed by atoms with van der Waals surface area (Å²) in [6.07, 6.45) is 5.78. The molecule has 14 aromatic rings. The van der Waals surface area contributed by atoms with Gasteiger partial charge in [-0.15, -0.1) is 11.3 Å². The Bertz CT molecular complexity index is 5860. The Morgan fingerprint density at radius 3 is 1.20 bits per heavy atom. The van der Waals surface area contributed by atoms with Crippen LogP contribution in [0.2, 0.25) is 0 Å². The molecule has 139 heavy (non-hydrogen) atoms. The Balaban J connectivity index is 0.000000178. The molecule has 12 heteroatoms. The summed E-state index contributed by atoms with van der Waals surface area (Å²) in [7, 11) is 0. The van der Waals surface area contributed by atoms with Crippen molar-refractivity contribution in [3.63, 3.8) is 0 Å². The number of aromatic nitrogens is 6. The largest absolute Gasteiger partial charge is 0.486 e. The van der Waals surface area contributed by atoms with Crippen molar-refractivity contribution in [3.05, 3.63) is 266 Å². The van der Waals surface area contributed by atoms with Gasteiger partial charge in [-0.2, -0.15) is 0 Å².